The number of methoxy groups -OCH3 is 1. The molecule has 6 nitrogen and oxygen atoms in total. The van der Waals surface area contributed by atoms with E-state index in [4.69, 9.17) is 4.74 Å². The number of rotatable bonds is 8. The van der Waals surface area contributed by atoms with Crippen LogP contribution in [0.5, 0.6) is 0 Å². The smallest absolute Gasteiger partial charge is 0.236 e. The van der Waals surface area contributed by atoms with Crippen LogP contribution in [0.25, 0.3) is 0 Å². The zero-order valence-electron chi connectivity index (χ0n) is 11.0. The lowest BCUT2D eigenvalue weighted by Crippen LogP contribution is -2.47. The molecule has 0 aliphatic rings. The molecule has 3 N–H and O–H groups in total. The molecule has 0 aliphatic carbocycles. The third-order valence-corrected chi connectivity index (χ3v) is 2.02. The van der Waals surface area contributed by atoms with Gasteiger partial charge in [-0.2, -0.15) is 0 Å². The summed E-state index contributed by atoms with van der Waals surface area (Å²) in [4.78, 5) is 22.8. The lowest BCUT2D eigenvalue weighted by Gasteiger charge is -2.14. The Labute approximate surface area is 102 Å². The molecule has 6 heteroatoms. The molecule has 0 radical (unpaired) electrons. The normalized spacial score (nSPS) is 12.3. The molecule has 1 unspecified atom stereocenters. The molecule has 1 atom stereocenters. The van der Waals surface area contributed by atoms with Crippen molar-refractivity contribution in [3.8, 4) is 0 Å². The number of nitrogens with one attached hydrogen (secondary N) is 3. The summed E-state index contributed by atoms with van der Waals surface area (Å²) in [7, 11) is 1.57. The van der Waals surface area contributed by atoms with E-state index < -0.39 is 6.04 Å². The molecule has 0 aliphatic heterocycles. The Balaban J connectivity index is 3.73. The second-order valence-corrected chi connectivity index (χ2v) is 4.11. The first kappa shape index (κ1) is 15.9. The Morgan fingerprint density at radius 3 is 2.41 bits per heavy atom. The minimum Gasteiger partial charge on any atom is -0.383 e. The molecule has 0 saturated carbocycles. The molecule has 0 aromatic heterocycles. The first-order valence-electron chi connectivity index (χ1n) is 5.76. The van der Waals surface area contributed by atoms with Crippen LogP contribution >= 0.6 is 0 Å². The van der Waals surface area contributed by atoms with Crippen molar-refractivity contribution >= 4 is 11.8 Å². The Morgan fingerprint density at radius 1 is 1.24 bits per heavy atom. The van der Waals surface area contributed by atoms with Gasteiger partial charge < -0.3 is 15.4 Å². The summed E-state index contributed by atoms with van der Waals surface area (Å²) in [6, 6.07) is -0.292. The fourth-order valence-electron chi connectivity index (χ4n) is 1.14. The molecule has 0 bridgehead atoms. The van der Waals surface area contributed by atoms with Crippen molar-refractivity contribution in [2.45, 2.75) is 32.9 Å². The van der Waals surface area contributed by atoms with Crippen molar-refractivity contribution in [1.82, 2.24) is 16.0 Å². The maximum atomic E-state index is 11.5. The fourth-order valence-corrected chi connectivity index (χ4v) is 1.14. The van der Waals surface area contributed by atoms with Crippen LogP contribution in [0.2, 0.25) is 0 Å². The van der Waals surface area contributed by atoms with Gasteiger partial charge in [0.05, 0.1) is 19.2 Å². The second kappa shape index (κ2) is 8.95. The number of hydrogen-bond donors (Lipinski definition) is 3. The molecule has 17 heavy (non-hydrogen) atoms. The Morgan fingerprint density at radius 2 is 1.88 bits per heavy atom. The van der Waals surface area contributed by atoms with E-state index in [0.717, 1.165) is 0 Å². The topological polar surface area (TPSA) is 79.5 Å². The molecule has 0 heterocycles. The van der Waals surface area contributed by atoms with Crippen molar-refractivity contribution in [2.24, 2.45) is 0 Å². The van der Waals surface area contributed by atoms with Crippen molar-refractivity contribution in [2.75, 3.05) is 26.8 Å². The highest BCUT2D eigenvalue weighted by molar-refractivity contribution is 5.83. The maximum absolute atomic E-state index is 11.5. The minimum absolute atomic E-state index is 0.107. The molecule has 0 fully saturated rings. The van der Waals surface area contributed by atoms with Gasteiger partial charge in [0, 0.05) is 19.7 Å². The van der Waals surface area contributed by atoms with Crippen LogP contribution in [0, 0.1) is 0 Å². The molecule has 0 aromatic rings. The van der Waals surface area contributed by atoms with Crippen LogP contribution in [-0.2, 0) is 14.3 Å². The molecule has 0 aromatic carbocycles. The summed E-state index contributed by atoms with van der Waals surface area (Å²) < 4.78 is 4.81. The predicted octanol–water partition coefficient (Wildman–Crippen LogP) is -0.748. The highest BCUT2D eigenvalue weighted by Crippen LogP contribution is 1.82. The van der Waals surface area contributed by atoms with Crippen LogP contribution in [0.1, 0.15) is 20.8 Å². The summed E-state index contributed by atoms with van der Waals surface area (Å²) in [5.74, 6) is -0.254. The lowest BCUT2D eigenvalue weighted by atomic mass is 10.3. The Kier molecular flexibility index (Phi) is 8.35. The Bertz CT molecular complexity index is 244. The van der Waals surface area contributed by atoms with E-state index in [-0.39, 0.29) is 24.4 Å². The highest BCUT2D eigenvalue weighted by atomic mass is 16.5. The van der Waals surface area contributed by atoms with Crippen LogP contribution in [0.4, 0.5) is 0 Å². The van der Waals surface area contributed by atoms with Gasteiger partial charge in [-0.15, -0.1) is 0 Å². The zero-order chi connectivity index (χ0) is 13.3. The van der Waals surface area contributed by atoms with Gasteiger partial charge in [0.25, 0.3) is 0 Å². The van der Waals surface area contributed by atoms with E-state index in [1.54, 1.807) is 14.0 Å². The molecule has 0 spiro atoms. The summed E-state index contributed by atoms with van der Waals surface area (Å²) >= 11 is 0. The molecule has 0 saturated heterocycles. The Hall–Kier alpha value is -1.14. The van der Waals surface area contributed by atoms with Gasteiger partial charge in [-0.25, -0.2) is 0 Å². The number of carbonyl (C=O) groups excluding carboxylic acids is 2. The molecular formula is C11H23N3O3. The van der Waals surface area contributed by atoms with Gasteiger partial charge in [-0.05, 0) is 20.8 Å². The van der Waals surface area contributed by atoms with Crippen LogP contribution < -0.4 is 16.0 Å². The van der Waals surface area contributed by atoms with Crippen molar-refractivity contribution < 1.29 is 14.3 Å². The van der Waals surface area contributed by atoms with Gasteiger partial charge in [-0.3, -0.25) is 14.9 Å². The monoisotopic (exact) mass is 245 g/mol. The quantitative estimate of drug-likeness (QED) is 0.492. The summed E-state index contributed by atoms with van der Waals surface area (Å²) in [6.07, 6.45) is 0. The van der Waals surface area contributed by atoms with E-state index >= 15 is 0 Å². The van der Waals surface area contributed by atoms with Gasteiger partial charge in [0.1, 0.15) is 0 Å². The molecule has 2 amide bonds. The number of amides is 2. The molecular weight excluding hydrogens is 222 g/mol. The van der Waals surface area contributed by atoms with Crippen molar-refractivity contribution in [3.05, 3.63) is 0 Å². The van der Waals surface area contributed by atoms with Gasteiger partial charge in [0.15, 0.2) is 0 Å². The molecule has 0 rings (SSSR count). The van der Waals surface area contributed by atoms with Crippen molar-refractivity contribution in [1.29, 1.82) is 0 Å². The van der Waals surface area contributed by atoms with E-state index in [1.807, 2.05) is 13.8 Å². The summed E-state index contributed by atoms with van der Waals surface area (Å²) in [5, 5.41) is 8.28. The third-order valence-electron chi connectivity index (χ3n) is 2.02. The number of ether oxygens (including phenoxy) is 1. The van der Waals surface area contributed by atoms with E-state index in [0.29, 0.717) is 13.2 Å². The standard InChI is InChI=1S/C11H23N3O3/c1-8(2)14-10(15)7-13-9(3)11(16)12-5-6-17-4/h8-9,13H,5-7H2,1-4H3,(H,12,16)(H,14,15). The van der Waals surface area contributed by atoms with Crippen LogP contribution in [0.3, 0.4) is 0 Å². The predicted molar refractivity (Wildman–Crippen MR) is 65.6 cm³/mol. The summed E-state index contributed by atoms with van der Waals surface area (Å²) in [5.41, 5.74) is 0. The SMILES string of the molecule is COCCNC(=O)C(C)NCC(=O)NC(C)C. The van der Waals surface area contributed by atoms with E-state index in [9.17, 15) is 9.59 Å². The fraction of sp³-hybridized carbons (Fsp3) is 0.818. The van der Waals surface area contributed by atoms with Crippen LogP contribution in [-0.4, -0.2) is 50.7 Å². The number of carbonyl (C=O) groups is 2. The maximum Gasteiger partial charge on any atom is 0.236 e. The van der Waals surface area contributed by atoms with E-state index in [2.05, 4.69) is 16.0 Å². The van der Waals surface area contributed by atoms with Gasteiger partial charge in [-0.1, -0.05) is 0 Å². The van der Waals surface area contributed by atoms with Gasteiger partial charge >= 0.3 is 0 Å². The largest absolute Gasteiger partial charge is 0.383 e. The van der Waals surface area contributed by atoms with Crippen LogP contribution in [0.15, 0.2) is 0 Å². The van der Waals surface area contributed by atoms with E-state index in [1.165, 1.54) is 0 Å². The van der Waals surface area contributed by atoms with Gasteiger partial charge in [0.2, 0.25) is 11.8 Å². The number of hydrogen-bond acceptors (Lipinski definition) is 4. The summed E-state index contributed by atoms with van der Waals surface area (Å²) in [6.45, 7) is 6.57. The first-order chi connectivity index (χ1) is 7.97. The minimum atomic E-state index is -0.398. The second-order valence-electron chi connectivity index (χ2n) is 4.11. The van der Waals surface area contributed by atoms with Crippen molar-refractivity contribution in [3.63, 3.8) is 0 Å². The average Bonchev–Trinajstić information content (AvgIpc) is 2.25. The highest BCUT2D eigenvalue weighted by Gasteiger charge is 2.13. The third kappa shape index (κ3) is 8.65. The molecule has 100 valence electrons. The zero-order valence-corrected chi connectivity index (χ0v) is 11.0. The first-order valence-corrected chi connectivity index (χ1v) is 5.76. The average molecular weight is 245 g/mol. The lowest BCUT2D eigenvalue weighted by molar-refractivity contribution is -0.123.